The Balaban J connectivity index is 1.59. The highest BCUT2D eigenvalue weighted by atomic mass is 19.1. The minimum atomic E-state index is -0.900. The third-order valence-corrected chi connectivity index (χ3v) is 8.21. The molecule has 48 heavy (non-hydrogen) atoms. The van der Waals surface area contributed by atoms with Crippen molar-refractivity contribution < 1.29 is 28.2 Å². The topological polar surface area (TPSA) is 78.8 Å². The van der Waals surface area contributed by atoms with E-state index in [0.717, 1.165) is 22.4 Å². The van der Waals surface area contributed by atoms with Gasteiger partial charge in [-0.2, -0.15) is 0 Å². The normalized spacial score (nSPS) is 17.7. The molecule has 1 N–H and O–H groups in total. The van der Waals surface area contributed by atoms with Gasteiger partial charge in [-0.25, -0.2) is 4.39 Å². The number of anilines is 1. The average Bonchev–Trinajstić information content (AvgIpc) is 3.35. The summed E-state index contributed by atoms with van der Waals surface area (Å²) in [4.78, 5) is 27.1. The summed E-state index contributed by atoms with van der Waals surface area (Å²) in [5, 5.41) is 3.11. The second-order valence-electron chi connectivity index (χ2n) is 14.2. The van der Waals surface area contributed by atoms with Gasteiger partial charge in [-0.15, -0.1) is 0 Å². The zero-order valence-electron chi connectivity index (χ0n) is 29.0. The van der Waals surface area contributed by atoms with Gasteiger partial charge in [0.25, 0.3) is 5.91 Å². The van der Waals surface area contributed by atoms with Crippen LogP contribution in [0.15, 0.2) is 84.9 Å². The van der Waals surface area contributed by atoms with Crippen LogP contribution in [0.2, 0.25) is 0 Å². The van der Waals surface area contributed by atoms with Crippen LogP contribution in [0.3, 0.4) is 0 Å². The van der Waals surface area contributed by atoms with Gasteiger partial charge in [0, 0.05) is 29.9 Å². The van der Waals surface area contributed by atoms with E-state index in [1.807, 2.05) is 95.3 Å². The van der Waals surface area contributed by atoms with Crippen molar-refractivity contribution in [2.45, 2.75) is 104 Å². The molecule has 1 aliphatic rings. The molecule has 0 spiro atoms. The van der Waals surface area contributed by atoms with Crippen LogP contribution in [0.4, 0.5) is 10.1 Å². The van der Waals surface area contributed by atoms with Gasteiger partial charge in [0.15, 0.2) is 5.79 Å². The maximum absolute atomic E-state index is 14.4. The van der Waals surface area contributed by atoms with Crippen LogP contribution in [0.5, 0.6) is 0 Å². The van der Waals surface area contributed by atoms with E-state index in [4.69, 9.17) is 14.2 Å². The van der Waals surface area contributed by atoms with Crippen LogP contribution in [-0.2, 0) is 25.5 Å². The first-order chi connectivity index (χ1) is 22.7. The number of halogens is 1. The second kappa shape index (κ2) is 14.5. The van der Waals surface area contributed by atoms with Gasteiger partial charge in [-0.3, -0.25) is 9.59 Å². The van der Waals surface area contributed by atoms with Gasteiger partial charge in [-0.1, -0.05) is 62.4 Å². The van der Waals surface area contributed by atoms with E-state index in [1.165, 1.54) is 12.1 Å². The highest BCUT2D eigenvalue weighted by Gasteiger charge is 2.38. The van der Waals surface area contributed by atoms with E-state index in [1.54, 1.807) is 12.1 Å². The molecule has 0 radical (unpaired) electrons. The van der Waals surface area contributed by atoms with Crippen LogP contribution in [0.1, 0.15) is 89.7 Å². The van der Waals surface area contributed by atoms with Crippen LogP contribution in [0, 0.1) is 5.82 Å². The maximum atomic E-state index is 14.4. The number of rotatable bonds is 10. The Bertz CT molecular complexity index is 1710. The molecule has 0 bridgehead atoms. The Kier molecular flexibility index (Phi) is 10.6. The van der Waals surface area contributed by atoms with Crippen molar-refractivity contribution >= 4 is 17.6 Å². The summed E-state index contributed by atoms with van der Waals surface area (Å²) in [6, 6.07) is 25.6. The number of amides is 1. The van der Waals surface area contributed by atoms with Crippen molar-refractivity contribution in [3.8, 4) is 22.4 Å². The van der Waals surface area contributed by atoms with Crippen molar-refractivity contribution in [2.75, 3.05) is 5.32 Å². The van der Waals surface area contributed by atoms with Gasteiger partial charge in [-0.05, 0) is 94.5 Å². The molecule has 0 unspecified atom stereocenters. The van der Waals surface area contributed by atoms with Gasteiger partial charge < -0.3 is 24.1 Å². The zero-order chi connectivity index (χ0) is 34.6. The molecule has 3 aromatic carbocycles. The number of nitrogens with one attached hydrogen (secondary N) is 1. The Morgan fingerprint density at radius 2 is 1.52 bits per heavy atom. The Morgan fingerprint density at radius 1 is 0.917 bits per heavy atom. The summed E-state index contributed by atoms with van der Waals surface area (Å²) in [6.07, 6.45) is 0.635. The molecule has 2 heterocycles. The lowest BCUT2D eigenvalue weighted by atomic mass is 9.94. The van der Waals surface area contributed by atoms with Crippen molar-refractivity contribution in [3.63, 3.8) is 0 Å². The molecule has 1 saturated heterocycles. The van der Waals surface area contributed by atoms with Crippen LogP contribution in [0.25, 0.3) is 22.4 Å². The Labute approximate surface area is 283 Å². The van der Waals surface area contributed by atoms with E-state index in [2.05, 4.69) is 23.7 Å². The molecule has 1 fully saturated rings. The highest BCUT2D eigenvalue weighted by molar-refractivity contribution is 6.13. The first-order valence-electron chi connectivity index (χ1n) is 16.7. The van der Waals surface area contributed by atoms with Gasteiger partial charge in [0.05, 0.1) is 29.9 Å². The number of nitrogens with zero attached hydrogens (tertiary/aromatic N) is 1. The van der Waals surface area contributed by atoms with E-state index in [-0.39, 0.29) is 42.2 Å². The monoisotopic (exact) mass is 654 g/mol. The number of benzene rings is 3. The summed E-state index contributed by atoms with van der Waals surface area (Å²) in [5.74, 6) is -1.78. The average molecular weight is 655 g/mol. The van der Waals surface area contributed by atoms with Gasteiger partial charge in [0.2, 0.25) is 0 Å². The minimum absolute atomic E-state index is 0.0321. The fourth-order valence-electron chi connectivity index (χ4n) is 6.57. The van der Waals surface area contributed by atoms with Gasteiger partial charge in [0.1, 0.15) is 11.4 Å². The number of ether oxygens (including phenoxy) is 3. The molecule has 8 heteroatoms. The molecule has 1 amide bonds. The molecule has 5 rings (SSSR count). The van der Waals surface area contributed by atoms with E-state index < -0.39 is 11.4 Å². The molecular formula is C40H47FN2O5. The number of aromatic nitrogens is 1. The number of carbonyl (C=O) groups excluding carboxylic acids is 2. The number of para-hydroxylation sites is 1. The van der Waals surface area contributed by atoms with Crippen LogP contribution >= 0.6 is 0 Å². The molecule has 4 aromatic rings. The molecule has 1 aliphatic heterocycles. The van der Waals surface area contributed by atoms with Crippen LogP contribution < -0.4 is 5.32 Å². The minimum Gasteiger partial charge on any atom is -0.460 e. The molecule has 0 aliphatic carbocycles. The first-order valence-corrected chi connectivity index (χ1v) is 16.7. The number of esters is 1. The SMILES string of the molecule is CC(C)c1c(-c2ccccc2)c(C(=O)Nc2ccccc2)c(-c2ccc(F)cc2)n1CC[C@@H]1C[C@H](CC(=O)OC(C)(C)C)OC(C)(C)O1. The number of carbonyl (C=O) groups is 2. The summed E-state index contributed by atoms with van der Waals surface area (Å²) in [6.45, 7) is 14.0. The second-order valence-corrected chi connectivity index (χ2v) is 14.2. The standard InChI is InChI=1S/C40H47FN2O5/c1-26(2)36-34(27-14-10-8-11-15-27)35(38(45)42-30-16-12-9-13-17-30)37(28-18-20-29(41)21-19-28)43(36)23-22-31-24-32(47-40(6,7)46-31)25-33(44)48-39(3,4)5/h8-21,26,31-32H,22-25H2,1-7H3,(H,42,45)/t31-,32-/m1/s1. The van der Waals surface area contributed by atoms with Crippen molar-refractivity contribution in [1.82, 2.24) is 4.57 Å². The third kappa shape index (κ3) is 8.60. The fourth-order valence-corrected chi connectivity index (χ4v) is 6.57. The summed E-state index contributed by atoms with van der Waals surface area (Å²) >= 11 is 0. The van der Waals surface area contributed by atoms with Gasteiger partial charge >= 0.3 is 5.97 Å². The summed E-state index contributed by atoms with van der Waals surface area (Å²) < 4.78 is 34.6. The highest BCUT2D eigenvalue weighted by Crippen LogP contribution is 2.43. The zero-order valence-corrected chi connectivity index (χ0v) is 29.0. The van der Waals surface area contributed by atoms with Crippen molar-refractivity contribution in [1.29, 1.82) is 0 Å². The quantitative estimate of drug-likeness (QED) is 0.172. The Morgan fingerprint density at radius 3 is 2.12 bits per heavy atom. The maximum Gasteiger partial charge on any atom is 0.308 e. The summed E-state index contributed by atoms with van der Waals surface area (Å²) in [5.41, 5.74) is 4.82. The van der Waals surface area contributed by atoms with E-state index in [0.29, 0.717) is 36.3 Å². The smallest absolute Gasteiger partial charge is 0.308 e. The molecule has 0 saturated carbocycles. The molecule has 254 valence electrons. The lowest BCUT2D eigenvalue weighted by Gasteiger charge is -2.41. The molecular weight excluding hydrogens is 607 g/mol. The number of hydrogen-bond donors (Lipinski definition) is 1. The lowest BCUT2D eigenvalue weighted by molar-refractivity contribution is -0.301. The van der Waals surface area contributed by atoms with E-state index >= 15 is 0 Å². The predicted molar refractivity (Wildman–Crippen MR) is 187 cm³/mol. The molecule has 1 aromatic heterocycles. The largest absolute Gasteiger partial charge is 0.460 e. The first kappa shape index (κ1) is 35.0. The Hall–Kier alpha value is -4.27. The summed E-state index contributed by atoms with van der Waals surface area (Å²) in [7, 11) is 0. The number of hydrogen-bond acceptors (Lipinski definition) is 5. The van der Waals surface area contributed by atoms with Crippen LogP contribution in [-0.4, -0.2) is 40.0 Å². The van der Waals surface area contributed by atoms with E-state index in [9.17, 15) is 14.0 Å². The van der Waals surface area contributed by atoms with Crippen molar-refractivity contribution in [3.05, 3.63) is 102 Å². The third-order valence-electron chi connectivity index (χ3n) is 8.21. The lowest BCUT2D eigenvalue weighted by Crippen LogP contribution is -2.46. The predicted octanol–water partition coefficient (Wildman–Crippen LogP) is 9.37. The molecule has 7 nitrogen and oxygen atoms in total. The molecule has 2 atom stereocenters. The van der Waals surface area contributed by atoms with Crippen molar-refractivity contribution in [2.24, 2.45) is 0 Å². The fraction of sp³-hybridized carbons (Fsp3) is 0.400.